The second kappa shape index (κ2) is 3.15. The quantitative estimate of drug-likeness (QED) is 0.598. The fourth-order valence-corrected chi connectivity index (χ4v) is 1.45. The number of hydrogen-bond acceptors (Lipinski definition) is 3. The summed E-state index contributed by atoms with van der Waals surface area (Å²) in [4.78, 5) is 10.6. The molecule has 1 atom stereocenters. The van der Waals surface area contributed by atoms with Crippen LogP contribution in [-0.4, -0.2) is 24.8 Å². The van der Waals surface area contributed by atoms with Gasteiger partial charge in [0.15, 0.2) is 12.6 Å². The Balaban J connectivity index is 1.81. The van der Waals surface area contributed by atoms with Gasteiger partial charge in [0.05, 0.1) is 0 Å². The molecular weight excluding hydrogens is 156 g/mol. The van der Waals surface area contributed by atoms with E-state index < -0.39 is 5.60 Å². The van der Waals surface area contributed by atoms with Crippen LogP contribution in [-0.2, 0) is 14.3 Å². The van der Waals surface area contributed by atoms with Crippen LogP contribution in [0.15, 0.2) is 0 Å². The third-order valence-corrected chi connectivity index (χ3v) is 2.46. The number of rotatable bonds is 3. The molecular formula is C9H14O3. The van der Waals surface area contributed by atoms with Crippen molar-refractivity contribution in [3.05, 3.63) is 0 Å². The second-order valence-electron chi connectivity index (χ2n) is 3.60. The van der Waals surface area contributed by atoms with Gasteiger partial charge < -0.3 is 14.3 Å². The summed E-state index contributed by atoms with van der Waals surface area (Å²) < 4.78 is 10.9. The molecule has 0 bridgehead atoms. The first-order valence-electron chi connectivity index (χ1n) is 4.60. The third kappa shape index (κ3) is 1.67. The third-order valence-electron chi connectivity index (χ3n) is 2.46. The monoisotopic (exact) mass is 170 g/mol. The predicted molar refractivity (Wildman–Crippen MR) is 42.7 cm³/mol. The molecule has 0 N–H and O–H groups in total. The maximum atomic E-state index is 10.6. The smallest absolute Gasteiger partial charge is 0.158 e. The van der Waals surface area contributed by atoms with E-state index >= 15 is 0 Å². The first-order chi connectivity index (χ1) is 5.85. The number of hydrogen-bond donors (Lipinski definition) is 0. The van der Waals surface area contributed by atoms with E-state index in [4.69, 9.17) is 9.47 Å². The summed E-state index contributed by atoms with van der Waals surface area (Å²) in [5.74, 6) is 0. The molecule has 3 nitrogen and oxygen atoms in total. The maximum Gasteiger partial charge on any atom is 0.158 e. The van der Waals surface area contributed by atoms with E-state index in [1.165, 1.54) is 0 Å². The number of carbonyl (C=O) groups is 1. The Hall–Kier alpha value is -0.410. The minimum atomic E-state index is -0.456. The Morgan fingerprint density at radius 1 is 1.42 bits per heavy atom. The van der Waals surface area contributed by atoms with E-state index in [1.54, 1.807) is 0 Å². The lowest BCUT2D eigenvalue weighted by atomic mass is 10.2. The van der Waals surface area contributed by atoms with Gasteiger partial charge in [0.25, 0.3) is 0 Å². The average molecular weight is 170 g/mol. The minimum Gasteiger partial charge on any atom is -0.353 e. The molecule has 0 aromatic carbocycles. The van der Waals surface area contributed by atoms with Crippen molar-refractivity contribution < 1.29 is 14.3 Å². The van der Waals surface area contributed by atoms with Gasteiger partial charge >= 0.3 is 0 Å². The molecule has 1 aliphatic carbocycles. The largest absolute Gasteiger partial charge is 0.353 e. The first kappa shape index (κ1) is 8.20. The molecule has 0 aromatic rings. The van der Waals surface area contributed by atoms with Crippen LogP contribution in [0.2, 0.25) is 0 Å². The van der Waals surface area contributed by atoms with E-state index in [1.807, 2.05) is 0 Å². The molecule has 0 amide bonds. The molecule has 0 aromatic heterocycles. The van der Waals surface area contributed by atoms with Crippen molar-refractivity contribution in [2.24, 2.45) is 0 Å². The molecule has 1 heterocycles. The van der Waals surface area contributed by atoms with Crippen LogP contribution < -0.4 is 0 Å². The van der Waals surface area contributed by atoms with Crippen LogP contribution in [0.5, 0.6) is 0 Å². The molecule has 1 unspecified atom stereocenters. The number of ether oxygens (including phenoxy) is 2. The summed E-state index contributed by atoms with van der Waals surface area (Å²) >= 11 is 0. The van der Waals surface area contributed by atoms with E-state index in [0.717, 1.165) is 45.0 Å². The molecule has 2 fully saturated rings. The highest BCUT2D eigenvalue weighted by molar-refractivity contribution is 5.66. The summed E-state index contributed by atoms with van der Waals surface area (Å²) in [5, 5.41) is 0. The van der Waals surface area contributed by atoms with Crippen LogP contribution in [0.3, 0.4) is 0 Å². The Kier molecular flexibility index (Phi) is 2.15. The highest BCUT2D eigenvalue weighted by Crippen LogP contribution is 2.39. The first-order valence-corrected chi connectivity index (χ1v) is 4.60. The van der Waals surface area contributed by atoms with Gasteiger partial charge in [0, 0.05) is 6.61 Å². The lowest BCUT2D eigenvalue weighted by molar-refractivity contribution is -0.193. The van der Waals surface area contributed by atoms with Crippen molar-refractivity contribution in [2.45, 2.75) is 44.0 Å². The number of aldehydes is 1. The predicted octanol–water partition coefficient (Wildman–Crippen LogP) is 1.26. The molecule has 0 radical (unpaired) electrons. The Morgan fingerprint density at radius 3 is 2.75 bits per heavy atom. The van der Waals surface area contributed by atoms with Gasteiger partial charge in [-0.3, -0.25) is 0 Å². The lowest BCUT2D eigenvalue weighted by Gasteiger charge is -2.25. The van der Waals surface area contributed by atoms with Crippen molar-refractivity contribution in [3.8, 4) is 0 Å². The van der Waals surface area contributed by atoms with Gasteiger partial charge in [-0.25, -0.2) is 0 Å². The Bertz CT molecular complexity index is 169. The molecule has 1 aliphatic heterocycles. The summed E-state index contributed by atoms with van der Waals surface area (Å²) in [6.07, 6.45) is 5.76. The van der Waals surface area contributed by atoms with Gasteiger partial charge in [-0.1, -0.05) is 0 Å². The van der Waals surface area contributed by atoms with Crippen LogP contribution >= 0.6 is 0 Å². The Labute approximate surface area is 72.0 Å². The zero-order valence-electron chi connectivity index (χ0n) is 7.12. The summed E-state index contributed by atoms with van der Waals surface area (Å²) in [6.45, 7) is 0.777. The molecule has 1 saturated heterocycles. The van der Waals surface area contributed by atoms with Crippen molar-refractivity contribution in [1.29, 1.82) is 0 Å². The molecule has 68 valence electrons. The summed E-state index contributed by atoms with van der Waals surface area (Å²) in [7, 11) is 0. The maximum absolute atomic E-state index is 10.6. The molecule has 12 heavy (non-hydrogen) atoms. The fourth-order valence-electron chi connectivity index (χ4n) is 1.45. The van der Waals surface area contributed by atoms with Crippen molar-refractivity contribution in [1.82, 2.24) is 0 Å². The van der Waals surface area contributed by atoms with Crippen LogP contribution in [0.25, 0.3) is 0 Å². The zero-order chi connectivity index (χ0) is 8.44. The highest BCUT2D eigenvalue weighted by Gasteiger charge is 2.46. The van der Waals surface area contributed by atoms with E-state index in [2.05, 4.69) is 0 Å². The van der Waals surface area contributed by atoms with E-state index in [-0.39, 0.29) is 6.29 Å². The highest BCUT2D eigenvalue weighted by atomic mass is 16.7. The molecule has 2 rings (SSSR count). The zero-order valence-corrected chi connectivity index (χ0v) is 7.12. The summed E-state index contributed by atoms with van der Waals surface area (Å²) in [6, 6.07) is 0. The minimum absolute atomic E-state index is 0.119. The van der Waals surface area contributed by atoms with Gasteiger partial charge in [-0.2, -0.15) is 0 Å². The van der Waals surface area contributed by atoms with Crippen molar-refractivity contribution in [3.63, 3.8) is 0 Å². The summed E-state index contributed by atoms with van der Waals surface area (Å²) in [5.41, 5.74) is -0.456. The van der Waals surface area contributed by atoms with Crippen LogP contribution in [0.1, 0.15) is 32.1 Å². The average Bonchev–Trinajstić information content (AvgIpc) is 2.88. The van der Waals surface area contributed by atoms with Crippen molar-refractivity contribution >= 4 is 6.29 Å². The van der Waals surface area contributed by atoms with Crippen LogP contribution in [0.4, 0.5) is 0 Å². The van der Waals surface area contributed by atoms with E-state index in [0.29, 0.717) is 0 Å². The normalized spacial score (nSPS) is 32.8. The molecule has 2 aliphatic rings. The lowest BCUT2D eigenvalue weighted by Crippen LogP contribution is -2.29. The topological polar surface area (TPSA) is 35.5 Å². The SMILES string of the molecule is O=CC1(OC2CCCCO2)CC1. The fraction of sp³-hybridized carbons (Fsp3) is 0.889. The van der Waals surface area contributed by atoms with Gasteiger partial charge in [0.1, 0.15) is 5.60 Å². The van der Waals surface area contributed by atoms with Gasteiger partial charge in [0.2, 0.25) is 0 Å². The van der Waals surface area contributed by atoms with Crippen LogP contribution in [0, 0.1) is 0 Å². The molecule has 3 heteroatoms. The Morgan fingerprint density at radius 2 is 2.25 bits per heavy atom. The second-order valence-corrected chi connectivity index (χ2v) is 3.60. The molecule has 0 spiro atoms. The van der Waals surface area contributed by atoms with Gasteiger partial charge in [-0.05, 0) is 32.1 Å². The van der Waals surface area contributed by atoms with Crippen molar-refractivity contribution in [2.75, 3.05) is 6.61 Å². The standard InChI is InChI=1S/C9H14O3/c10-7-9(4-5-9)12-8-3-1-2-6-11-8/h7-8H,1-6H2. The molecule has 1 saturated carbocycles. The number of carbonyl (C=O) groups excluding carboxylic acids is 1. The van der Waals surface area contributed by atoms with Gasteiger partial charge in [-0.15, -0.1) is 0 Å². The van der Waals surface area contributed by atoms with E-state index in [9.17, 15) is 4.79 Å².